The van der Waals surface area contributed by atoms with Crippen molar-refractivity contribution in [3.05, 3.63) is 0 Å². The first kappa shape index (κ1) is 8.97. The van der Waals surface area contributed by atoms with Crippen LogP contribution in [0.5, 0.6) is 0 Å². The number of hydrogen-bond acceptors (Lipinski definition) is 3. The lowest BCUT2D eigenvalue weighted by Crippen LogP contribution is -2.54. The van der Waals surface area contributed by atoms with E-state index in [1.165, 1.54) is 0 Å². The van der Waals surface area contributed by atoms with E-state index in [0.29, 0.717) is 6.54 Å². The molecule has 0 aromatic carbocycles. The molecular weight excluding hydrogens is 142 g/mol. The number of nitrogens with one attached hydrogen (secondary N) is 1. The van der Waals surface area contributed by atoms with Crippen LogP contribution in [0.1, 0.15) is 19.8 Å². The summed E-state index contributed by atoms with van der Waals surface area (Å²) < 4.78 is 5.07. The Hall–Kier alpha value is -0.120. The number of likely N-dealkylation sites (N-methyl/N-ethyl adjacent to an activating group) is 1. The standard InChI is InChI=1S/C8H17NO2/c1-3-9-6-8(10)4-7(5-8)11-2/h7,9-10H,3-6H2,1-2H3. The fourth-order valence-corrected chi connectivity index (χ4v) is 1.46. The van der Waals surface area contributed by atoms with Crippen molar-refractivity contribution in [1.29, 1.82) is 0 Å². The first-order valence-corrected chi connectivity index (χ1v) is 4.16. The van der Waals surface area contributed by atoms with Gasteiger partial charge in [0.25, 0.3) is 0 Å². The summed E-state index contributed by atoms with van der Waals surface area (Å²) >= 11 is 0. The highest BCUT2D eigenvalue weighted by molar-refractivity contribution is 4.96. The van der Waals surface area contributed by atoms with E-state index in [9.17, 15) is 5.11 Å². The van der Waals surface area contributed by atoms with Gasteiger partial charge < -0.3 is 15.2 Å². The zero-order chi connectivity index (χ0) is 8.32. The minimum atomic E-state index is -0.489. The zero-order valence-electron chi connectivity index (χ0n) is 7.26. The molecule has 0 aromatic heterocycles. The lowest BCUT2D eigenvalue weighted by Gasteiger charge is -2.42. The molecule has 3 nitrogen and oxygen atoms in total. The molecule has 0 bridgehead atoms. The normalized spacial score (nSPS) is 36.8. The highest BCUT2D eigenvalue weighted by atomic mass is 16.5. The van der Waals surface area contributed by atoms with E-state index in [0.717, 1.165) is 19.4 Å². The summed E-state index contributed by atoms with van der Waals surface area (Å²) in [6.07, 6.45) is 1.83. The van der Waals surface area contributed by atoms with E-state index in [1.54, 1.807) is 7.11 Å². The molecule has 0 aromatic rings. The quantitative estimate of drug-likeness (QED) is 0.613. The number of hydrogen-bond donors (Lipinski definition) is 2. The van der Waals surface area contributed by atoms with Gasteiger partial charge in [0, 0.05) is 26.5 Å². The summed E-state index contributed by atoms with van der Waals surface area (Å²) in [6.45, 7) is 3.65. The highest BCUT2D eigenvalue weighted by Gasteiger charge is 2.42. The van der Waals surface area contributed by atoms with E-state index in [1.807, 2.05) is 6.92 Å². The van der Waals surface area contributed by atoms with Gasteiger partial charge >= 0.3 is 0 Å². The Kier molecular flexibility index (Phi) is 2.87. The minimum absolute atomic E-state index is 0.277. The Morgan fingerprint density at radius 2 is 2.27 bits per heavy atom. The van der Waals surface area contributed by atoms with Gasteiger partial charge in [-0.3, -0.25) is 0 Å². The number of aliphatic hydroxyl groups is 1. The van der Waals surface area contributed by atoms with E-state index >= 15 is 0 Å². The van der Waals surface area contributed by atoms with E-state index in [-0.39, 0.29) is 6.10 Å². The number of methoxy groups -OCH3 is 1. The third kappa shape index (κ3) is 2.15. The molecule has 66 valence electrons. The molecule has 1 aliphatic carbocycles. The van der Waals surface area contributed by atoms with Gasteiger partial charge in [-0.05, 0) is 6.54 Å². The fourth-order valence-electron chi connectivity index (χ4n) is 1.46. The molecular formula is C8H17NO2. The summed E-state index contributed by atoms with van der Waals surface area (Å²) in [6, 6.07) is 0. The Morgan fingerprint density at radius 1 is 1.64 bits per heavy atom. The summed E-state index contributed by atoms with van der Waals surface area (Å²) in [5, 5.41) is 12.8. The van der Waals surface area contributed by atoms with Crippen molar-refractivity contribution in [2.75, 3.05) is 20.2 Å². The Bertz CT molecular complexity index is 116. The summed E-state index contributed by atoms with van der Waals surface area (Å²) in [7, 11) is 1.69. The Morgan fingerprint density at radius 3 is 2.73 bits per heavy atom. The van der Waals surface area contributed by atoms with Crippen molar-refractivity contribution >= 4 is 0 Å². The van der Waals surface area contributed by atoms with Crippen molar-refractivity contribution in [2.45, 2.75) is 31.5 Å². The van der Waals surface area contributed by atoms with Crippen LogP contribution in [0.4, 0.5) is 0 Å². The molecule has 0 heterocycles. The number of ether oxygens (including phenoxy) is 1. The van der Waals surface area contributed by atoms with Crippen LogP contribution in [0.25, 0.3) is 0 Å². The smallest absolute Gasteiger partial charge is 0.0820 e. The van der Waals surface area contributed by atoms with Gasteiger partial charge in [0.1, 0.15) is 0 Å². The van der Waals surface area contributed by atoms with E-state index in [4.69, 9.17) is 4.74 Å². The maximum absolute atomic E-state index is 9.70. The molecule has 0 saturated heterocycles. The molecule has 3 heteroatoms. The fraction of sp³-hybridized carbons (Fsp3) is 1.00. The molecule has 0 atom stereocenters. The molecule has 11 heavy (non-hydrogen) atoms. The first-order chi connectivity index (χ1) is 5.20. The van der Waals surface area contributed by atoms with Gasteiger partial charge in [-0.25, -0.2) is 0 Å². The second kappa shape index (κ2) is 3.52. The SMILES string of the molecule is CCNCC1(O)CC(OC)C1. The molecule has 1 rings (SSSR count). The van der Waals surface area contributed by atoms with E-state index in [2.05, 4.69) is 5.32 Å². The van der Waals surface area contributed by atoms with Crippen LogP contribution in [0.15, 0.2) is 0 Å². The average Bonchev–Trinajstić information content (AvgIpc) is 1.95. The van der Waals surface area contributed by atoms with Gasteiger partial charge in [-0.15, -0.1) is 0 Å². The predicted octanol–water partition coefficient (Wildman–Crippen LogP) is 0.136. The maximum Gasteiger partial charge on any atom is 0.0820 e. The third-order valence-electron chi connectivity index (χ3n) is 2.25. The Labute approximate surface area is 67.7 Å². The van der Waals surface area contributed by atoms with Crippen LogP contribution in [-0.4, -0.2) is 37.0 Å². The molecule has 0 unspecified atom stereocenters. The van der Waals surface area contributed by atoms with E-state index < -0.39 is 5.60 Å². The second-order valence-corrected chi connectivity index (χ2v) is 3.27. The van der Waals surface area contributed by atoms with Crippen molar-refractivity contribution in [2.24, 2.45) is 0 Å². The second-order valence-electron chi connectivity index (χ2n) is 3.27. The molecule has 0 radical (unpaired) electrons. The van der Waals surface area contributed by atoms with Crippen LogP contribution < -0.4 is 5.32 Å². The van der Waals surface area contributed by atoms with Crippen molar-refractivity contribution in [1.82, 2.24) is 5.32 Å². The van der Waals surface area contributed by atoms with Gasteiger partial charge in [0.15, 0.2) is 0 Å². The maximum atomic E-state index is 9.70. The molecule has 1 aliphatic rings. The van der Waals surface area contributed by atoms with Gasteiger partial charge in [-0.1, -0.05) is 6.92 Å². The summed E-state index contributed by atoms with van der Waals surface area (Å²) in [5.74, 6) is 0. The topological polar surface area (TPSA) is 41.5 Å². The molecule has 0 aliphatic heterocycles. The highest BCUT2D eigenvalue weighted by Crippen LogP contribution is 2.33. The van der Waals surface area contributed by atoms with Crippen LogP contribution in [-0.2, 0) is 4.74 Å². The summed E-state index contributed by atoms with van der Waals surface area (Å²) in [4.78, 5) is 0. The zero-order valence-corrected chi connectivity index (χ0v) is 7.26. The largest absolute Gasteiger partial charge is 0.388 e. The third-order valence-corrected chi connectivity index (χ3v) is 2.25. The van der Waals surface area contributed by atoms with Gasteiger partial charge in [-0.2, -0.15) is 0 Å². The summed E-state index contributed by atoms with van der Waals surface area (Å²) in [5.41, 5.74) is -0.489. The van der Waals surface area contributed by atoms with Crippen molar-refractivity contribution in [3.8, 4) is 0 Å². The van der Waals surface area contributed by atoms with Crippen LogP contribution in [0.2, 0.25) is 0 Å². The van der Waals surface area contributed by atoms with Crippen molar-refractivity contribution < 1.29 is 9.84 Å². The van der Waals surface area contributed by atoms with Gasteiger partial charge in [0.05, 0.1) is 11.7 Å². The molecule has 0 spiro atoms. The Balaban J connectivity index is 2.15. The van der Waals surface area contributed by atoms with Crippen LogP contribution >= 0.6 is 0 Å². The van der Waals surface area contributed by atoms with Crippen LogP contribution in [0.3, 0.4) is 0 Å². The van der Waals surface area contributed by atoms with Crippen molar-refractivity contribution in [3.63, 3.8) is 0 Å². The number of rotatable bonds is 4. The predicted molar refractivity (Wildman–Crippen MR) is 43.5 cm³/mol. The average molecular weight is 159 g/mol. The van der Waals surface area contributed by atoms with Crippen LogP contribution in [0, 0.1) is 0 Å². The molecule has 2 N–H and O–H groups in total. The molecule has 1 fully saturated rings. The lowest BCUT2D eigenvalue weighted by molar-refractivity contribution is -0.124. The van der Waals surface area contributed by atoms with Gasteiger partial charge in [0.2, 0.25) is 0 Å². The monoisotopic (exact) mass is 159 g/mol. The lowest BCUT2D eigenvalue weighted by atomic mass is 9.77. The first-order valence-electron chi connectivity index (χ1n) is 4.16. The molecule has 1 saturated carbocycles. The molecule has 0 amide bonds. The minimum Gasteiger partial charge on any atom is -0.388 e.